The van der Waals surface area contributed by atoms with Crippen LogP contribution in [0.5, 0.6) is 0 Å². The zero-order valence-corrected chi connectivity index (χ0v) is 4.31. The van der Waals surface area contributed by atoms with Gasteiger partial charge in [0.15, 0.2) is 0 Å². The monoisotopic (exact) mass is 121 g/mol. The van der Waals surface area contributed by atoms with E-state index in [4.69, 9.17) is 13.0 Å². The molecular formula is C4H5ClO2. The Morgan fingerprint density at radius 1 is 2.29 bits per heavy atom. The molecule has 0 heterocycles. The number of hydrogen-bond acceptors (Lipinski definition) is 2. The van der Waals surface area contributed by atoms with Crippen molar-refractivity contribution in [2.45, 2.75) is 0 Å². The standard InChI is InChI=1S/C4H5ClO2/c1-2-7-4(6)3-5/h2H,1,3H2/i3D. The number of alkyl halides is 1. The first kappa shape index (κ1) is 4.65. The second kappa shape index (κ2) is 3.68. The highest BCUT2D eigenvalue weighted by molar-refractivity contribution is 6.26. The lowest BCUT2D eigenvalue weighted by atomic mass is 10.8. The predicted molar refractivity (Wildman–Crippen MR) is 27.0 cm³/mol. The number of esters is 1. The fourth-order valence-electron chi connectivity index (χ4n) is 0.108. The Kier molecular flexibility index (Phi) is 2.45. The molecule has 0 bridgehead atoms. The van der Waals surface area contributed by atoms with Crippen molar-refractivity contribution in [2.24, 2.45) is 0 Å². The fourth-order valence-corrected chi connectivity index (χ4v) is 0.159. The lowest BCUT2D eigenvalue weighted by Gasteiger charge is -1.87. The largest absolute Gasteiger partial charge is 0.434 e. The second-order valence-electron chi connectivity index (χ2n) is 0.713. The van der Waals surface area contributed by atoms with E-state index in [0.717, 1.165) is 6.26 Å². The van der Waals surface area contributed by atoms with Crippen molar-refractivity contribution in [3.05, 3.63) is 12.8 Å². The van der Waals surface area contributed by atoms with Crippen molar-refractivity contribution >= 4 is 17.6 Å². The molecular weight excluding hydrogens is 115 g/mol. The third-order valence-corrected chi connectivity index (χ3v) is 0.467. The van der Waals surface area contributed by atoms with Gasteiger partial charge in [-0.1, -0.05) is 6.58 Å². The molecule has 0 aromatic rings. The summed E-state index contributed by atoms with van der Waals surface area (Å²) in [6.07, 6.45) is 0.937. The Morgan fingerprint density at radius 3 is 3.00 bits per heavy atom. The Morgan fingerprint density at radius 2 is 2.86 bits per heavy atom. The van der Waals surface area contributed by atoms with E-state index in [-0.39, 0.29) is 0 Å². The third kappa shape index (κ3) is 3.33. The van der Waals surface area contributed by atoms with E-state index in [1.807, 2.05) is 0 Å². The van der Waals surface area contributed by atoms with Gasteiger partial charge in [0.25, 0.3) is 0 Å². The summed E-state index contributed by atoms with van der Waals surface area (Å²) in [7, 11) is 0. The van der Waals surface area contributed by atoms with Gasteiger partial charge in [0, 0.05) is 0 Å². The molecule has 1 unspecified atom stereocenters. The van der Waals surface area contributed by atoms with Crippen molar-refractivity contribution in [1.82, 2.24) is 0 Å². The van der Waals surface area contributed by atoms with Crippen LogP contribution in [0.15, 0.2) is 12.8 Å². The van der Waals surface area contributed by atoms with Crippen LogP contribution in [0.3, 0.4) is 0 Å². The van der Waals surface area contributed by atoms with E-state index < -0.39 is 11.8 Å². The van der Waals surface area contributed by atoms with Crippen LogP contribution in [0, 0.1) is 0 Å². The van der Waals surface area contributed by atoms with E-state index >= 15 is 0 Å². The molecule has 0 radical (unpaired) electrons. The number of rotatable bonds is 2. The highest BCUT2D eigenvalue weighted by Crippen LogP contribution is 1.80. The molecule has 0 fully saturated rings. The lowest BCUT2D eigenvalue weighted by molar-refractivity contribution is -0.135. The van der Waals surface area contributed by atoms with E-state index in [2.05, 4.69) is 11.3 Å². The summed E-state index contributed by atoms with van der Waals surface area (Å²) in [6, 6.07) is 0. The molecule has 0 saturated carbocycles. The van der Waals surface area contributed by atoms with Gasteiger partial charge >= 0.3 is 5.97 Å². The minimum atomic E-state index is -1.34. The third-order valence-electron chi connectivity index (χ3n) is 0.289. The van der Waals surface area contributed by atoms with E-state index in [9.17, 15) is 4.79 Å². The quantitative estimate of drug-likeness (QED) is 0.308. The number of carbonyl (C=O) groups is 1. The van der Waals surface area contributed by atoms with Crippen molar-refractivity contribution in [2.75, 3.05) is 5.86 Å². The summed E-state index contributed by atoms with van der Waals surface area (Å²) in [4.78, 5) is 10.1. The molecule has 0 amide bonds. The highest BCUT2D eigenvalue weighted by atomic mass is 35.5. The zero-order valence-electron chi connectivity index (χ0n) is 4.56. The second-order valence-corrected chi connectivity index (χ2v) is 0.931. The molecule has 2 nitrogen and oxygen atoms in total. The first-order valence-electron chi connectivity index (χ1n) is 2.14. The fraction of sp³-hybridized carbons (Fsp3) is 0.250. The van der Waals surface area contributed by atoms with Crippen LogP contribution in [-0.2, 0) is 9.53 Å². The maximum absolute atomic E-state index is 10.1. The van der Waals surface area contributed by atoms with Gasteiger partial charge in [0.2, 0.25) is 0 Å². The maximum atomic E-state index is 10.1. The summed E-state index contributed by atoms with van der Waals surface area (Å²) >= 11 is 4.95. The minimum absolute atomic E-state index is 0.804. The molecule has 7 heavy (non-hydrogen) atoms. The summed E-state index contributed by atoms with van der Waals surface area (Å²) in [5.41, 5.74) is 0. The van der Waals surface area contributed by atoms with Gasteiger partial charge in [-0.15, -0.1) is 11.6 Å². The van der Waals surface area contributed by atoms with Crippen LogP contribution in [0.25, 0.3) is 0 Å². The predicted octanol–water partition coefficient (Wildman–Crippen LogP) is 0.912. The van der Waals surface area contributed by atoms with Crippen LogP contribution in [-0.4, -0.2) is 11.8 Å². The molecule has 0 aromatic heterocycles. The molecule has 0 aliphatic carbocycles. The molecule has 0 aliphatic rings. The molecule has 0 saturated heterocycles. The van der Waals surface area contributed by atoms with Crippen molar-refractivity contribution in [1.29, 1.82) is 0 Å². The normalized spacial score (nSPS) is 14.1. The molecule has 0 rings (SSSR count). The lowest BCUT2D eigenvalue weighted by Crippen LogP contribution is -1.98. The maximum Gasteiger partial charge on any atom is 0.325 e. The number of hydrogen-bond donors (Lipinski definition) is 0. The zero-order chi connectivity index (χ0) is 6.57. The molecule has 3 heteroatoms. The highest BCUT2D eigenvalue weighted by Gasteiger charge is 1.91. The van der Waals surface area contributed by atoms with Crippen LogP contribution in [0.4, 0.5) is 0 Å². The Hall–Kier alpha value is -0.500. The molecule has 0 spiro atoms. The molecule has 0 N–H and O–H groups in total. The smallest absolute Gasteiger partial charge is 0.325 e. The van der Waals surface area contributed by atoms with E-state index in [1.54, 1.807) is 0 Å². The average molecular weight is 122 g/mol. The van der Waals surface area contributed by atoms with Crippen molar-refractivity contribution in [3.63, 3.8) is 0 Å². The summed E-state index contributed by atoms with van der Waals surface area (Å²) < 4.78 is 10.6. The van der Waals surface area contributed by atoms with E-state index in [0.29, 0.717) is 0 Å². The molecule has 1 atom stereocenters. The van der Waals surface area contributed by atoms with Crippen molar-refractivity contribution in [3.8, 4) is 0 Å². The topological polar surface area (TPSA) is 26.3 Å². The number of ether oxygens (including phenoxy) is 1. The molecule has 40 valence electrons. The van der Waals surface area contributed by atoms with Gasteiger partial charge in [-0.2, -0.15) is 0 Å². The van der Waals surface area contributed by atoms with Crippen LogP contribution in [0.2, 0.25) is 0 Å². The number of halogens is 1. The van der Waals surface area contributed by atoms with Gasteiger partial charge in [-0.25, -0.2) is 0 Å². The molecule has 0 aromatic carbocycles. The molecule has 0 aliphatic heterocycles. The van der Waals surface area contributed by atoms with Gasteiger partial charge in [0.05, 0.1) is 7.63 Å². The first-order chi connectivity index (χ1) is 3.68. The van der Waals surface area contributed by atoms with Gasteiger partial charge in [-0.3, -0.25) is 4.79 Å². The first-order valence-corrected chi connectivity index (χ1v) is 2.00. The minimum Gasteiger partial charge on any atom is -0.434 e. The van der Waals surface area contributed by atoms with Gasteiger partial charge in [0.1, 0.15) is 5.86 Å². The van der Waals surface area contributed by atoms with Crippen molar-refractivity contribution < 1.29 is 10.9 Å². The SMILES string of the molecule is [2H]C(Cl)C(=O)OC=C. The van der Waals surface area contributed by atoms with E-state index in [1.165, 1.54) is 0 Å². The van der Waals surface area contributed by atoms with Gasteiger partial charge in [-0.05, 0) is 0 Å². The Labute approximate surface area is 48.1 Å². The number of carbonyl (C=O) groups excluding carboxylic acids is 1. The van der Waals surface area contributed by atoms with Crippen LogP contribution in [0.1, 0.15) is 1.37 Å². The Balaban J connectivity index is 3.48. The summed E-state index contributed by atoms with van der Waals surface area (Å²) in [5.74, 6) is -2.14. The van der Waals surface area contributed by atoms with Crippen LogP contribution < -0.4 is 0 Å². The summed E-state index contributed by atoms with van der Waals surface area (Å²) in [5, 5.41) is 0. The van der Waals surface area contributed by atoms with Crippen LogP contribution >= 0.6 is 11.6 Å². The Bertz CT molecular complexity index is 102. The van der Waals surface area contributed by atoms with Gasteiger partial charge < -0.3 is 4.74 Å². The summed E-state index contributed by atoms with van der Waals surface area (Å²) in [6.45, 7) is 3.10. The average Bonchev–Trinajstić information content (AvgIpc) is 1.67.